The van der Waals surface area contributed by atoms with Crippen LogP contribution in [0.4, 0.5) is 4.79 Å². The van der Waals surface area contributed by atoms with E-state index in [0.717, 1.165) is 7.11 Å². The summed E-state index contributed by atoms with van der Waals surface area (Å²) in [6, 6.07) is 0. The van der Waals surface area contributed by atoms with Crippen LogP contribution in [0.1, 0.15) is 20.8 Å². The van der Waals surface area contributed by atoms with E-state index in [-0.39, 0.29) is 0 Å². The molecule has 1 N–H and O–H groups in total. The van der Waals surface area contributed by atoms with Gasteiger partial charge in [0, 0.05) is 4.91 Å². The van der Waals surface area contributed by atoms with Crippen LogP contribution in [0.3, 0.4) is 0 Å². The summed E-state index contributed by atoms with van der Waals surface area (Å²) < 4.78 is 9.19. The van der Waals surface area contributed by atoms with Gasteiger partial charge in [-0.3, -0.25) is 0 Å². The number of nitrogens with zero attached hydrogens (tertiary/aromatic N) is 3. The summed E-state index contributed by atoms with van der Waals surface area (Å²) in [5, 5.41) is 5.13. The van der Waals surface area contributed by atoms with Crippen molar-refractivity contribution in [1.29, 1.82) is 0 Å². The molecule has 8 nitrogen and oxygen atoms in total. The minimum absolute atomic E-state index is 0.707. The predicted molar refractivity (Wildman–Crippen MR) is 54.3 cm³/mol. The highest BCUT2D eigenvalue weighted by molar-refractivity contribution is 5.81. The van der Waals surface area contributed by atoms with E-state index >= 15 is 0 Å². The first-order chi connectivity index (χ1) is 7.30. The van der Waals surface area contributed by atoms with E-state index in [9.17, 15) is 9.59 Å². The maximum atomic E-state index is 11.2. The van der Waals surface area contributed by atoms with Crippen LogP contribution in [0.5, 0.6) is 0 Å². The number of esters is 1. The average Bonchev–Trinajstić information content (AvgIpc) is 2.13. The second-order valence-electron chi connectivity index (χ2n) is 3.78. The Labute approximate surface area is 92.5 Å². The number of carbonyl (C=O) groups excluding carboxylic acids is 2. The minimum Gasteiger partial charge on any atom is -0.467 e. The highest BCUT2D eigenvalue weighted by atomic mass is 16.6. The van der Waals surface area contributed by atoms with E-state index in [1.54, 1.807) is 20.8 Å². The molecule has 1 amide bonds. The van der Waals surface area contributed by atoms with Gasteiger partial charge in [-0.05, 0) is 26.3 Å². The largest absolute Gasteiger partial charge is 0.467 e. The lowest BCUT2D eigenvalue weighted by atomic mass is 10.2. The normalized spacial score (nSPS) is 12.0. The fourth-order valence-corrected chi connectivity index (χ4v) is 0.717. The van der Waals surface area contributed by atoms with E-state index in [2.05, 4.69) is 20.1 Å². The summed E-state index contributed by atoms with van der Waals surface area (Å²) in [6.07, 6.45) is -2.29. The van der Waals surface area contributed by atoms with Crippen LogP contribution in [0, 0.1) is 0 Å². The van der Waals surface area contributed by atoms with Crippen molar-refractivity contribution < 1.29 is 19.1 Å². The second kappa shape index (κ2) is 5.82. The number of hydrogen-bond acceptors (Lipinski definition) is 5. The van der Waals surface area contributed by atoms with Crippen LogP contribution in [-0.4, -0.2) is 30.9 Å². The molecule has 0 aliphatic heterocycles. The summed E-state index contributed by atoms with van der Waals surface area (Å²) in [6.45, 7) is 4.98. The van der Waals surface area contributed by atoms with Crippen LogP contribution in [-0.2, 0) is 14.3 Å². The van der Waals surface area contributed by atoms with E-state index in [4.69, 9.17) is 10.3 Å². The summed E-state index contributed by atoms with van der Waals surface area (Å²) in [5.41, 5.74) is 7.48. The number of azide groups is 1. The maximum absolute atomic E-state index is 11.2. The van der Waals surface area contributed by atoms with E-state index in [1.807, 2.05) is 0 Å². The van der Waals surface area contributed by atoms with Crippen molar-refractivity contribution >= 4 is 12.1 Å². The molecule has 16 heavy (non-hydrogen) atoms. The quantitative estimate of drug-likeness (QED) is 0.341. The van der Waals surface area contributed by atoms with Gasteiger partial charge in [-0.15, -0.1) is 0 Å². The Morgan fingerprint density at radius 1 is 1.44 bits per heavy atom. The number of hydrogen-bond donors (Lipinski definition) is 1. The molecule has 0 aromatic rings. The Morgan fingerprint density at radius 2 is 2.00 bits per heavy atom. The third-order valence-electron chi connectivity index (χ3n) is 1.25. The molecule has 0 aliphatic rings. The molecule has 0 fully saturated rings. The fraction of sp³-hybridized carbons (Fsp3) is 0.750. The number of carbonyl (C=O) groups is 2. The monoisotopic (exact) mass is 230 g/mol. The van der Waals surface area contributed by atoms with Gasteiger partial charge < -0.3 is 14.8 Å². The lowest BCUT2D eigenvalue weighted by Crippen LogP contribution is -2.42. The van der Waals surface area contributed by atoms with Crippen molar-refractivity contribution in [2.75, 3.05) is 7.11 Å². The lowest BCUT2D eigenvalue weighted by Gasteiger charge is -2.20. The van der Waals surface area contributed by atoms with E-state index < -0.39 is 23.8 Å². The molecule has 90 valence electrons. The number of rotatable bonds is 3. The summed E-state index contributed by atoms with van der Waals surface area (Å²) >= 11 is 0. The summed E-state index contributed by atoms with van der Waals surface area (Å²) in [4.78, 5) is 24.7. The van der Waals surface area contributed by atoms with Gasteiger partial charge in [0.25, 0.3) is 0 Å². The molecule has 0 saturated heterocycles. The van der Waals surface area contributed by atoms with Crippen molar-refractivity contribution in [2.45, 2.75) is 32.5 Å². The topological polar surface area (TPSA) is 113 Å². The number of amides is 1. The molecule has 0 aromatic carbocycles. The van der Waals surface area contributed by atoms with Gasteiger partial charge >= 0.3 is 12.1 Å². The number of methoxy groups -OCH3 is 1. The Balaban J connectivity index is 4.47. The molecule has 0 unspecified atom stereocenters. The lowest BCUT2D eigenvalue weighted by molar-refractivity contribution is -0.142. The van der Waals surface area contributed by atoms with Crippen molar-refractivity contribution in [3.05, 3.63) is 10.4 Å². The van der Waals surface area contributed by atoms with Crippen LogP contribution in [0.15, 0.2) is 5.11 Å². The van der Waals surface area contributed by atoms with Crippen molar-refractivity contribution in [3.8, 4) is 0 Å². The zero-order valence-corrected chi connectivity index (χ0v) is 9.55. The van der Waals surface area contributed by atoms with Crippen molar-refractivity contribution in [1.82, 2.24) is 5.32 Å². The Kier molecular flexibility index (Phi) is 5.11. The summed E-state index contributed by atoms with van der Waals surface area (Å²) in [5.74, 6) is -0.872. The zero-order valence-electron chi connectivity index (χ0n) is 9.55. The smallest absolute Gasteiger partial charge is 0.408 e. The molecule has 0 radical (unpaired) electrons. The third-order valence-corrected chi connectivity index (χ3v) is 1.25. The van der Waals surface area contributed by atoms with E-state index in [0.29, 0.717) is 0 Å². The first kappa shape index (κ1) is 14.1. The fourth-order valence-electron chi connectivity index (χ4n) is 0.717. The van der Waals surface area contributed by atoms with Gasteiger partial charge in [0.1, 0.15) is 5.60 Å². The van der Waals surface area contributed by atoms with Crippen LogP contribution in [0.2, 0.25) is 0 Å². The molecular weight excluding hydrogens is 216 g/mol. The highest BCUT2D eigenvalue weighted by Gasteiger charge is 2.23. The van der Waals surface area contributed by atoms with Crippen molar-refractivity contribution in [2.24, 2.45) is 5.11 Å². The molecule has 0 bridgehead atoms. The Bertz CT molecular complexity index is 316. The zero-order chi connectivity index (χ0) is 12.8. The highest BCUT2D eigenvalue weighted by Crippen LogP contribution is 2.07. The number of ether oxygens (including phenoxy) is 2. The van der Waals surface area contributed by atoms with Gasteiger partial charge in [0.05, 0.1) is 7.11 Å². The average molecular weight is 230 g/mol. The Hall–Kier alpha value is -1.95. The van der Waals surface area contributed by atoms with Crippen molar-refractivity contribution in [3.63, 3.8) is 0 Å². The van der Waals surface area contributed by atoms with Crippen LogP contribution in [0.25, 0.3) is 10.4 Å². The molecule has 0 aliphatic carbocycles. The summed E-state index contributed by atoms with van der Waals surface area (Å²) in [7, 11) is 1.11. The van der Waals surface area contributed by atoms with Crippen LogP contribution >= 0.6 is 0 Å². The standard InChI is InChI=1S/C8H14N4O4/c1-8(2,3)16-7(14)10-5(11-12-9)6(13)15-4/h5H,1-4H3,(H,10,14)/t5-/m0/s1. The van der Waals surface area contributed by atoms with Gasteiger partial charge in [0.2, 0.25) is 6.17 Å². The van der Waals surface area contributed by atoms with Gasteiger partial charge in [-0.1, -0.05) is 5.11 Å². The Morgan fingerprint density at radius 3 is 2.38 bits per heavy atom. The van der Waals surface area contributed by atoms with Gasteiger partial charge in [-0.2, -0.15) is 0 Å². The molecule has 1 atom stereocenters. The molecule has 0 aromatic heterocycles. The van der Waals surface area contributed by atoms with E-state index in [1.165, 1.54) is 0 Å². The van der Waals surface area contributed by atoms with Gasteiger partial charge in [0.15, 0.2) is 0 Å². The molecule has 0 rings (SSSR count). The SMILES string of the molecule is COC(=O)[C@H](N=[N+]=[N-])NC(=O)OC(C)(C)C. The molecule has 0 saturated carbocycles. The third kappa shape index (κ3) is 5.71. The number of nitrogens with one attached hydrogen (secondary N) is 1. The maximum Gasteiger partial charge on any atom is 0.408 e. The van der Waals surface area contributed by atoms with Crippen LogP contribution < -0.4 is 5.32 Å². The molecule has 0 spiro atoms. The molecule has 0 heterocycles. The molecule has 8 heteroatoms. The van der Waals surface area contributed by atoms with Gasteiger partial charge in [-0.25, -0.2) is 9.59 Å². The molecular formula is C8H14N4O4. The second-order valence-corrected chi connectivity index (χ2v) is 3.78. The number of alkyl carbamates (subject to hydrolysis) is 1. The minimum atomic E-state index is -1.43. The first-order valence-electron chi connectivity index (χ1n) is 4.41. The first-order valence-corrected chi connectivity index (χ1v) is 4.41. The predicted octanol–water partition coefficient (Wildman–Crippen LogP) is 1.32.